The first-order valence-electron chi connectivity index (χ1n) is 9.23. The highest BCUT2D eigenvalue weighted by atomic mass is 35.5. The molecule has 0 saturated carbocycles. The number of carbonyl (C=O) groups is 2. The second-order valence-electron chi connectivity index (χ2n) is 6.42. The average Bonchev–Trinajstić information content (AvgIpc) is 2.73. The first-order chi connectivity index (χ1) is 14.5. The highest BCUT2D eigenvalue weighted by molar-refractivity contribution is 8.00. The van der Waals surface area contributed by atoms with Gasteiger partial charge in [-0.3, -0.25) is 9.59 Å². The van der Waals surface area contributed by atoms with Gasteiger partial charge in [0.1, 0.15) is 5.75 Å². The zero-order chi connectivity index (χ0) is 21.3. The number of benzene rings is 3. The van der Waals surface area contributed by atoms with E-state index in [1.165, 1.54) is 18.9 Å². The van der Waals surface area contributed by atoms with Crippen LogP contribution in [0.2, 0.25) is 5.02 Å². The molecular weight excluding hydrogens is 420 g/mol. The summed E-state index contributed by atoms with van der Waals surface area (Å²) in [7, 11) is 1.53. The number of anilines is 2. The quantitative estimate of drug-likeness (QED) is 0.469. The normalized spacial score (nSPS) is 10.3. The van der Waals surface area contributed by atoms with Gasteiger partial charge in [-0.1, -0.05) is 48.0 Å². The van der Waals surface area contributed by atoms with Crippen LogP contribution in [-0.2, 0) is 16.0 Å². The zero-order valence-corrected chi connectivity index (χ0v) is 17.9. The van der Waals surface area contributed by atoms with Gasteiger partial charge in [0.2, 0.25) is 11.8 Å². The third kappa shape index (κ3) is 6.54. The lowest BCUT2D eigenvalue weighted by atomic mass is 10.1. The van der Waals surface area contributed by atoms with Gasteiger partial charge >= 0.3 is 0 Å². The molecule has 0 aliphatic heterocycles. The zero-order valence-electron chi connectivity index (χ0n) is 16.4. The predicted molar refractivity (Wildman–Crippen MR) is 123 cm³/mol. The van der Waals surface area contributed by atoms with Gasteiger partial charge in [0.25, 0.3) is 0 Å². The summed E-state index contributed by atoms with van der Waals surface area (Å²) < 4.78 is 5.24. The number of halogens is 1. The molecule has 0 spiro atoms. The van der Waals surface area contributed by atoms with E-state index in [9.17, 15) is 9.59 Å². The topological polar surface area (TPSA) is 67.4 Å². The summed E-state index contributed by atoms with van der Waals surface area (Å²) in [5, 5.41) is 6.22. The van der Waals surface area contributed by atoms with Crippen LogP contribution < -0.4 is 15.4 Å². The molecule has 0 unspecified atom stereocenters. The largest absolute Gasteiger partial charge is 0.495 e. The van der Waals surface area contributed by atoms with Gasteiger partial charge in [-0.2, -0.15) is 0 Å². The van der Waals surface area contributed by atoms with Crippen LogP contribution in [0.5, 0.6) is 5.75 Å². The number of rotatable bonds is 8. The molecule has 3 rings (SSSR count). The van der Waals surface area contributed by atoms with Crippen molar-refractivity contribution >= 4 is 46.6 Å². The number of amides is 2. The fraction of sp³-hybridized carbons (Fsp3) is 0.130. The lowest BCUT2D eigenvalue weighted by Gasteiger charge is -2.11. The van der Waals surface area contributed by atoms with Gasteiger partial charge in [0, 0.05) is 15.6 Å². The molecule has 0 aliphatic rings. The van der Waals surface area contributed by atoms with Gasteiger partial charge < -0.3 is 15.4 Å². The maximum absolute atomic E-state index is 12.3. The maximum Gasteiger partial charge on any atom is 0.234 e. The molecule has 2 amide bonds. The van der Waals surface area contributed by atoms with Crippen LogP contribution in [0.3, 0.4) is 0 Å². The van der Waals surface area contributed by atoms with Crippen LogP contribution in [-0.4, -0.2) is 24.7 Å². The molecule has 0 bridgehead atoms. The monoisotopic (exact) mass is 440 g/mol. The van der Waals surface area contributed by atoms with E-state index in [1.807, 2.05) is 54.6 Å². The van der Waals surface area contributed by atoms with Crippen molar-refractivity contribution < 1.29 is 14.3 Å². The Labute approximate surface area is 184 Å². The van der Waals surface area contributed by atoms with E-state index in [-0.39, 0.29) is 17.6 Å². The number of thioether (sulfide) groups is 1. The van der Waals surface area contributed by atoms with Gasteiger partial charge in [-0.05, 0) is 42.0 Å². The van der Waals surface area contributed by atoms with Crippen molar-refractivity contribution in [2.24, 2.45) is 0 Å². The van der Waals surface area contributed by atoms with Gasteiger partial charge in [-0.15, -0.1) is 11.8 Å². The van der Waals surface area contributed by atoms with Crippen LogP contribution in [0.25, 0.3) is 0 Å². The van der Waals surface area contributed by atoms with Crippen molar-refractivity contribution in [3.05, 3.63) is 83.4 Å². The Morgan fingerprint density at radius 2 is 1.73 bits per heavy atom. The summed E-state index contributed by atoms with van der Waals surface area (Å²) in [5.41, 5.74) is 2.17. The van der Waals surface area contributed by atoms with Gasteiger partial charge in [0.05, 0.1) is 25.0 Å². The standard InChI is InChI=1S/C23H21ClN2O3S/c1-29-21-11-10-17(24)13-20(21)26-23(28)15-30-19-9-5-8-18(14-19)25-22(27)12-16-6-3-2-4-7-16/h2-11,13-14H,12,15H2,1H3,(H,25,27)(H,26,28). The molecule has 5 nitrogen and oxygen atoms in total. The fourth-order valence-electron chi connectivity index (χ4n) is 2.76. The van der Waals surface area contributed by atoms with E-state index in [0.717, 1.165) is 10.5 Å². The smallest absolute Gasteiger partial charge is 0.234 e. The summed E-state index contributed by atoms with van der Waals surface area (Å²) in [4.78, 5) is 25.5. The third-order valence-corrected chi connectivity index (χ3v) is 5.36. The highest BCUT2D eigenvalue weighted by Gasteiger charge is 2.10. The molecular formula is C23H21ClN2O3S. The number of hydrogen-bond acceptors (Lipinski definition) is 4. The first-order valence-corrected chi connectivity index (χ1v) is 10.6. The van der Waals surface area contributed by atoms with E-state index >= 15 is 0 Å². The Hall–Kier alpha value is -2.96. The summed E-state index contributed by atoms with van der Waals surface area (Å²) in [6.07, 6.45) is 0.308. The molecule has 0 aliphatic carbocycles. The van der Waals surface area contributed by atoms with E-state index < -0.39 is 0 Å². The number of carbonyl (C=O) groups excluding carboxylic acids is 2. The predicted octanol–water partition coefficient (Wildman–Crippen LogP) is 5.26. The molecule has 3 aromatic carbocycles. The number of methoxy groups -OCH3 is 1. The Balaban J connectivity index is 1.54. The molecule has 154 valence electrons. The Kier molecular flexibility index (Phi) is 7.76. The second-order valence-corrected chi connectivity index (χ2v) is 7.91. The minimum atomic E-state index is -0.181. The number of ether oxygens (including phenoxy) is 1. The van der Waals surface area contributed by atoms with Crippen LogP contribution in [0.4, 0.5) is 11.4 Å². The van der Waals surface area contributed by atoms with Crippen LogP contribution in [0, 0.1) is 0 Å². The second kappa shape index (κ2) is 10.7. The average molecular weight is 441 g/mol. The SMILES string of the molecule is COc1ccc(Cl)cc1NC(=O)CSc1cccc(NC(=O)Cc2ccccc2)c1. The molecule has 3 aromatic rings. The van der Waals surface area contributed by atoms with Gasteiger partial charge in [0.15, 0.2) is 0 Å². The Bertz CT molecular complexity index is 1030. The first kappa shape index (κ1) is 21.7. The minimum absolute atomic E-state index is 0.0888. The van der Waals surface area contributed by atoms with Crippen LogP contribution in [0.1, 0.15) is 5.56 Å². The maximum atomic E-state index is 12.3. The highest BCUT2D eigenvalue weighted by Crippen LogP contribution is 2.28. The van der Waals surface area contributed by atoms with E-state index in [2.05, 4.69) is 10.6 Å². The Morgan fingerprint density at radius 3 is 2.50 bits per heavy atom. The van der Waals surface area contributed by atoms with Crippen LogP contribution in [0.15, 0.2) is 77.7 Å². The molecule has 0 aromatic heterocycles. The minimum Gasteiger partial charge on any atom is -0.495 e. The van der Waals surface area contributed by atoms with E-state index in [4.69, 9.17) is 16.3 Å². The Morgan fingerprint density at radius 1 is 0.933 bits per heavy atom. The molecule has 30 heavy (non-hydrogen) atoms. The molecule has 7 heteroatoms. The molecule has 0 fully saturated rings. The molecule has 0 radical (unpaired) electrons. The summed E-state index contributed by atoms with van der Waals surface area (Å²) in [6, 6.07) is 22.0. The van der Waals surface area contributed by atoms with E-state index in [1.54, 1.807) is 18.2 Å². The number of nitrogens with one attached hydrogen (secondary N) is 2. The molecule has 0 atom stereocenters. The van der Waals surface area contributed by atoms with Crippen molar-refractivity contribution in [3.8, 4) is 5.75 Å². The van der Waals surface area contributed by atoms with Crippen LogP contribution >= 0.6 is 23.4 Å². The summed E-state index contributed by atoms with van der Waals surface area (Å²) in [6.45, 7) is 0. The molecule has 0 heterocycles. The van der Waals surface area contributed by atoms with Crippen molar-refractivity contribution in [1.82, 2.24) is 0 Å². The summed E-state index contributed by atoms with van der Waals surface area (Å²) >= 11 is 7.37. The lowest BCUT2D eigenvalue weighted by molar-refractivity contribution is -0.115. The van der Waals surface area contributed by atoms with Crippen molar-refractivity contribution in [3.63, 3.8) is 0 Å². The van der Waals surface area contributed by atoms with Crippen molar-refractivity contribution in [2.45, 2.75) is 11.3 Å². The number of hydrogen-bond donors (Lipinski definition) is 2. The van der Waals surface area contributed by atoms with E-state index in [0.29, 0.717) is 28.6 Å². The van der Waals surface area contributed by atoms with Crippen molar-refractivity contribution in [2.75, 3.05) is 23.5 Å². The summed E-state index contributed by atoms with van der Waals surface area (Å²) in [5.74, 6) is 0.478. The lowest BCUT2D eigenvalue weighted by Crippen LogP contribution is -2.15. The molecule has 0 saturated heterocycles. The fourth-order valence-corrected chi connectivity index (χ4v) is 3.69. The molecule has 2 N–H and O–H groups in total. The van der Waals surface area contributed by atoms with Gasteiger partial charge in [-0.25, -0.2) is 0 Å². The van der Waals surface area contributed by atoms with Crippen molar-refractivity contribution in [1.29, 1.82) is 0 Å². The third-order valence-electron chi connectivity index (χ3n) is 4.13.